The van der Waals surface area contributed by atoms with Crippen LogP contribution >= 0.6 is 0 Å². The molecule has 4 nitrogen and oxygen atoms in total. The van der Waals surface area contributed by atoms with Gasteiger partial charge in [-0.25, -0.2) is 0 Å². The number of aromatic nitrogens is 2. The molecule has 15 heavy (non-hydrogen) atoms. The summed E-state index contributed by atoms with van der Waals surface area (Å²) < 4.78 is 5.05. The summed E-state index contributed by atoms with van der Waals surface area (Å²) in [5, 5.41) is 3.88. The molecule has 0 N–H and O–H groups in total. The van der Waals surface area contributed by atoms with Crippen molar-refractivity contribution < 1.29 is 9.32 Å². The number of carbonyl (C=O) groups excluding carboxylic acids is 1. The molecule has 1 rings (SSSR count). The molecule has 0 aliphatic rings. The highest BCUT2D eigenvalue weighted by atomic mass is 16.5. The van der Waals surface area contributed by atoms with Crippen molar-refractivity contribution in [2.75, 3.05) is 0 Å². The van der Waals surface area contributed by atoms with Crippen molar-refractivity contribution in [2.24, 2.45) is 5.41 Å². The van der Waals surface area contributed by atoms with Gasteiger partial charge < -0.3 is 9.32 Å². The molecule has 0 aromatic carbocycles. The molecular formula is C11H18N2O2. The van der Waals surface area contributed by atoms with Gasteiger partial charge in [0.1, 0.15) is 5.78 Å². The number of carbonyl (C=O) groups is 1. The van der Waals surface area contributed by atoms with Gasteiger partial charge in [0.05, 0.1) is 0 Å². The lowest BCUT2D eigenvalue weighted by Crippen LogP contribution is -2.10. The third kappa shape index (κ3) is 4.72. The Hall–Kier alpha value is -1.19. The molecule has 0 aliphatic carbocycles. The zero-order chi connectivity index (χ0) is 11.5. The standard InChI is InChI=1S/C11H18N2O2/c1-8(14)5-6-10-12-9(13-15-10)7-11(2,3)4/h5-7H2,1-4H3. The van der Waals surface area contributed by atoms with E-state index >= 15 is 0 Å². The summed E-state index contributed by atoms with van der Waals surface area (Å²) in [5.74, 6) is 1.43. The quantitative estimate of drug-likeness (QED) is 0.764. The second kappa shape index (κ2) is 4.55. The number of ketones is 1. The Morgan fingerprint density at radius 3 is 2.60 bits per heavy atom. The molecule has 1 aromatic rings. The van der Waals surface area contributed by atoms with E-state index in [1.807, 2.05) is 0 Å². The Labute approximate surface area is 90.1 Å². The van der Waals surface area contributed by atoms with Crippen LogP contribution in [-0.4, -0.2) is 15.9 Å². The first-order valence-electron chi connectivity index (χ1n) is 5.18. The van der Waals surface area contributed by atoms with Crippen LogP contribution in [0.4, 0.5) is 0 Å². The Morgan fingerprint density at radius 1 is 1.40 bits per heavy atom. The van der Waals surface area contributed by atoms with Crippen LogP contribution in [0.25, 0.3) is 0 Å². The van der Waals surface area contributed by atoms with E-state index in [2.05, 4.69) is 30.9 Å². The van der Waals surface area contributed by atoms with E-state index in [-0.39, 0.29) is 11.2 Å². The van der Waals surface area contributed by atoms with Crippen molar-refractivity contribution in [1.29, 1.82) is 0 Å². The monoisotopic (exact) mass is 210 g/mol. The highest BCUT2D eigenvalue weighted by molar-refractivity contribution is 5.75. The van der Waals surface area contributed by atoms with Crippen molar-refractivity contribution in [1.82, 2.24) is 10.1 Å². The fourth-order valence-electron chi connectivity index (χ4n) is 1.22. The summed E-state index contributed by atoms with van der Waals surface area (Å²) in [6.07, 6.45) is 1.81. The van der Waals surface area contributed by atoms with Crippen LogP contribution < -0.4 is 0 Å². The zero-order valence-corrected chi connectivity index (χ0v) is 9.83. The highest BCUT2D eigenvalue weighted by Crippen LogP contribution is 2.18. The minimum Gasteiger partial charge on any atom is -0.339 e. The van der Waals surface area contributed by atoms with E-state index in [1.54, 1.807) is 6.92 Å². The molecule has 1 aromatic heterocycles. The smallest absolute Gasteiger partial charge is 0.227 e. The Bertz CT molecular complexity index is 337. The molecule has 0 saturated heterocycles. The van der Waals surface area contributed by atoms with Crippen LogP contribution in [0, 0.1) is 5.41 Å². The summed E-state index contributed by atoms with van der Waals surface area (Å²) in [4.78, 5) is 15.0. The molecule has 0 bridgehead atoms. The van der Waals surface area contributed by atoms with Gasteiger partial charge in [0.25, 0.3) is 0 Å². The molecule has 1 heterocycles. The first-order chi connectivity index (χ1) is 6.87. The molecule has 0 radical (unpaired) electrons. The van der Waals surface area contributed by atoms with Crippen molar-refractivity contribution in [3.8, 4) is 0 Å². The summed E-state index contributed by atoms with van der Waals surface area (Å²) in [6.45, 7) is 7.93. The second-order valence-electron chi connectivity index (χ2n) is 5.04. The predicted octanol–water partition coefficient (Wildman–Crippen LogP) is 2.18. The van der Waals surface area contributed by atoms with Gasteiger partial charge in [0.2, 0.25) is 5.89 Å². The Balaban J connectivity index is 2.53. The average Bonchev–Trinajstić information content (AvgIpc) is 2.45. The zero-order valence-electron chi connectivity index (χ0n) is 9.83. The van der Waals surface area contributed by atoms with Gasteiger partial charge in [0, 0.05) is 19.3 Å². The largest absolute Gasteiger partial charge is 0.339 e. The predicted molar refractivity (Wildman–Crippen MR) is 56.5 cm³/mol. The van der Waals surface area contributed by atoms with Gasteiger partial charge in [-0.2, -0.15) is 4.98 Å². The van der Waals surface area contributed by atoms with Crippen LogP contribution in [0.2, 0.25) is 0 Å². The van der Waals surface area contributed by atoms with Gasteiger partial charge in [0.15, 0.2) is 5.82 Å². The molecule has 0 atom stereocenters. The maximum atomic E-state index is 10.8. The molecule has 0 aliphatic heterocycles. The molecule has 84 valence electrons. The van der Waals surface area contributed by atoms with Crippen molar-refractivity contribution in [2.45, 2.75) is 47.0 Å². The maximum absolute atomic E-state index is 10.8. The summed E-state index contributed by atoms with van der Waals surface area (Å²) in [5.41, 5.74) is 0.154. The van der Waals surface area contributed by atoms with Crippen molar-refractivity contribution in [3.05, 3.63) is 11.7 Å². The Kier molecular flexibility index (Phi) is 3.61. The minimum absolute atomic E-state index is 0.144. The van der Waals surface area contributed by atoms with Gasteiger partial charge in [-0.05, 0) is 12.3 Å². The lowest BCUT2D eigenvalue weighted by Gasteiger charge is -2.14. The third-order valence-corrected chi connectivity index (χ3v) is 1.89. The SMILES string of the molecule is CC(=O)CCc1nc(CC(C)(C)C)no1. The number of hydrogen-bond acceptors (Lipinski definition) is 4. The normalized spacial score (nSPS) is 11.7. The maximum Gasteiger partial charge on any atom is 0.227 e. The van der Waals surface area contributed by atoms with Gasteiger partial charge in [-0.15, -0.1) is 0 Å². The lowest BCUT2D eigenvalue weighted by atomic mass is 9.92. The van der Waals surface area contributed by atoms with Crippen molar-refractivity contribution in [3.63, 3.8) is 0 Å². The first-order valence-corrected chi connectivity index (χ1v) is 5.18. The van der Waals surface area contributed by atoms with E-state index < -0.39 is 0 Å². The third-order valence-electron chi connectivity index (χ3n) is 1.89. The lowest BCUT2D eigenvalue weighted by molar-refractivity contribution is -0.117. The van der Waals surface area contributed by atoms with Crippen LogP contribution in [-0.2, 0) is 17.6 Å². The summed E-state index contributed by atoms with van der Waals surface area (Å²) >= 11 is 0. The molecule has 4 heteroatoms. The van der Waals surface area contributed by atoms with Gasteiger partial charge in [-0.3, -0.25) is 0 Å². The molecule has 0 amide bonds. The minimum atomic E-state index is 0.144. The summed E-state index contributed by atoms with van der Waals surface area (Å²) in [7, 11) is 0. The van der Waals surface area contributed by atoms with E-state index in [1.165, 1.54) is 0 Å². The van der Waals surface area contributed by atoms with Crippen molar-refractivity contribution >= 4 is 5.78 Å². The second-order valence-corrected chi connectivity index (χ2v) is 5.04. The van der Waals surface area contributed by atoms with E-state index in [9.17, 15) is 4.79 Å². The van der Waals surface area contributed by atoms with E-state index in [4.69, 9.17) is 4.52 Å². The number of aryl methyl sites for hydroxylation is 1. The van der Waals surface area contributed by atoms with Crippen LogP contribution in [0.1, 0.15) is 45.8 Å². The number of nitrogens with zero attached hydrogens (tertiary/aromatic N) is 2. The Morgan fingerprint density at radius 2 is 2.07 bits per heavy atom. The van der Waals surface area contributed by atoms with Gasteiger partial charge >= 0.3 is 0 Å². The van der Waals surface area contributed by atoms with Gasteiger partial charge in [-0.1, -0.05) is 25.9 Å². The fraction of sp³-hybridized carbons (Fsp3) is 0.727. The highest BCUT2D eigenvalue weighted by Gasteiger charge is 2.16. The number of Topliss-reactive ketones (excluding diaryl/α,β-unsaturated/α-hetero) is 1. The van der Waals surface area contributed by atoms with Crippen LogP contribution in [0.3, 0.4) is 0 Å². The van der Waals surface area contributed by atoms with E-state index in [0.717, 1.165) is 12.2 Å². The number of rotatable bonds is 4. The van der Waals surface area contributed by atoms with E-state index in [0.29, 0.717) is 18.7 Å². The average molecular weight is 210 g/mol. The molecular weight excluding hydrogens is 192 g/mol. The van der Waals surface area contributed by atoms with Crippen LogP contribution in [0.5, 0.6) is 0 Å². The molecule has 0 unspecified atom stereocenters. The molecule has 0 fully saturated rings. The molecule has 0 spiro atoms. The summed E-state index contributed by atoms with van der Waals surface area (Å²) in [6, 6.07) is 0. The molecule has 0 saturated carbocycles. The van der Waals surface area contributed by atoms with Crippen LogP contribution in [0.15, 0.2) is 4.52 Å². The number of hydrogen-bond donors (Lipinski definition) is 0. The fourth-order valence-corrected chi connectivity index (χ4v) is 1.22. The topological polar surface area (TPSA) is 56.0 Å². The first kappa shape index (κ1) is 11.9.